The number of hydrogen-bond acceptors (Lipinski definition) is 4. The summed E-state index contributed by atoms with van der Waals surface area (Å²) in [7, 11) is 1.75. The summed E-state index contributed by atoms with van der Waals surface area (Å²) in [5.41, 5.74) is 2.37. The third-order valence-electron chi connectivity index (χ3n) is 4.31. The number of halogens is 1. The van der Waals surface area contributed by atoms with E-state index in [1.54, 1.807) is 7.11 Å². The molecule has 0 spiro atoms. The second-order valence-corrected chi connectivity index (χ2v) is 7.74. The Hall–Kier alpha value is -0.900. The Morgan fingerprint density at radius 1 is 1.07 bits per heavy atom. The number of rotatable bonds is 12. The molecule has 7 heteroatoms. The van der Waals surface area contributed by atoms with Gasteiger partial charge in [0.1, 0.15) is 0 Å². The molecule has 0 bridgehead atoms. The van der Waals surface area contributed by atoms with Crippen molar-refractivity contribution in [2.24, 2.45) is 10.4 Å². The first-order valence-corrected chi connectivity index (χ1v) is 10.2. The van der Waals surface area contributed by atoms with E-state index in [2.05, 4.69) is 56.5 Å². The van der Waals surface area contributed by atoms with Gasteiger partial charge in [0, 0.05) is 26.8 Å². The van der Waals surface area contributed by atoms with Gasteiger partial charge in [0.25, 0.3) is 0 Å². The highest BCUT2D eigenvalue weighted by Crippen LogP contribution is 2.20. The van der Waals surface area contributed by atoms with Gasteiger partial charge in [0.2, 0.25) is 0 Å². The molecule has 0 saturated heterocycles. The molecule has 0 aliphatic heterocycles. The maximum absolute atomic E-state index is 5.65. The standard InChI is InChI=1S/C22H39N3O3.HI/c1-7-23-21(25-16-20(26-6)22(3,4)5)24-15-18-10-9-11-19(14-18)17-28-13-12-27-8-2;/h9-11,14,20H,7-8,12-13,15-17H2,1-6H3,(H2,23,24,25);1H. The van der Waals surface area contributed by atoms with Crippen molar-refractivity contribution >= 4 is 29.9 Å². The van der Waals surface area contributed by atoms with Crippen LogP contribution in [0.3, 0.4) is 0 Å². The van der Waals surface area contributed by atoms with Gasteiger partial charge in [0.05, 0.1) is 32.5 Å². The van der Waals surface area contributed by atoms with Crippen molar-refractivity contribution in [3.8, 4) is 0 Å². The molecule has 1 atom stereocenters. The zero-order valence-electron chi connectivity index (χ0n) is 18.9. The van der Waals surface area contributed by atoms with Crippen LogP contribution < -0.4 is 10.6 Å². The number of methoxy groups -OCH3 is 1. The van der Waals surface area contributed by atoms with Gasteiger partial charge in [-0.25, -0.2) is 4.99 Å². The quantitative estimate of drug-likeness (QED) is 0.189. The maximum atomic E-state index is 5.65. The minimum atomic E-state index is 0. The van der Waals surface area contributed by atoms with Crippen LogP contribution in [0.2, 0.25) is 0 Å². The van der Waals surface area contributed by atoms with Gasteiger partial charge in [0.15, 0.2) is 5.96 Å². The minimum Gasteiger partial charge on any atom is -0.379 e. The van der Waals surface area contributed by atoms with E-state index < -0.39 is 0 Å². The van der Waals surface area contributed by atoms with Crippen molar-refractivity contribution in [2.45, 2.75) is 53.9 Å². The van der Waals surface area contributed by atoms with Gasteiger partial charge in [-0.1, -0.05) is 45.0 Å². The molecule has 0 saturated carbocycles. The molecule has 0 aliphatic carbocycles. The molecule has 1 rings (SSSR count). The highest BCUT2D eigenvalue weighted by Gasteiger charge is 2.24. The van der Waals surface area contributed by atoms with E-state index in [9.17, 15) is 0 Å². The lowest BCUT2D eigenvalue weighted by molar-refractivity contribution is 0.0205. The molecule has 1 aromatic carbocycles. The number of nitrogens with zero attached hydrogens (tertiary/aromatic N) is 1. The average molecular weight is 521 g/mol. The van der Waals surface area contributed by atoms with Crippen molar-refractivity contribution in [3.63, 3.8) is 0 Å². The van der Waals surface area contributed by atoms with E-state index in [-0.39, 0.29) is 35.5 Å². The van der Waals surface area contributed by atoms with Crippen LogP contribution >= 0.6 is 24.0 Å². The first-order valence-electron chi connectivity index (χ1n) is 10.2. The molecule has 168 valence electrons. The predicted molar refractivity (Wildman–Crippen MR) is 131 cm³/mol. The smallest absolute Gasteiger partial charge is 0.191 e. The first-order chi connectivity index (χ1) is 13.4. The van der Waals surface area contributed by atoms with Crippen molar-refractivity contribution in [3.05, 3.63) is 35.4 Å². The van der Waals surface area contributed by atoms with Crippen LogP contribution in [0.4, 0.5) is 0 Å². The molecular formula is C22H40IN3O3. The molecule has 0 aromatic heterocycles. The number of nitrogens with one attached hydrogen (secondary N) is 2. The summed E-state index contributed by atoms with van der Waals surface area (Å²) < 4.78 is 16.6. The Labute approximate surface area is 194 Å². The molecular weight excluding hydrogens is 481 g/mol. The highest BCUT2D eigenvalue weighted by atomic mass is 127. The molecule has 0 heterocycles. The van der Waals surface area contributed by atoms with E-state index in [1.165, 1.54) is 0 Å². The Morgan fingerprint density at radius 3 is 2.38 bits per heavy atom. The second kappa shape index (κ2) is 15.9. The van der Waals surface area contributed by atoms with Gasteiger partial charge in [-0.05, 0) is 30.4 Å². The largest absolute Gasteiger partial charge is 0.379 e. The van der Waals surface area contributed by atoms with E-state index >= 15 is 0 Å². The molecule has 29 heavy (non-hydrogen) atoms. The number of guanidine groups is 1. The van der Waals surface area contributed by atoms with Crippen LogP contribution in [0.15, 0.2) is 29.3 Å². The third kappa shape index (κ3) is 12.4. The lowest BCUT2D eigenvalue weighted by atomic mass is 9.89. The number of ether oxygens (including phenoxy) is 3. The highest BCUT2D eigenvalue weighted by molar-refractivity contribution is 14.0. The summed E-state index contributed by atoms with van der Waals surface area (Å²) in [5, 5.41) is 6.69. The molecule has 0 aliphatic rings. The van der Waals surface area contributed by atoms with Crippen LogP contribution in [0.5, 0.6) is 0 Å². The maximum Gasteiger partial charge on any atom is 0.191 e. The van der Waals surface area contributed by atoms with Gasteiger partial charge in [-0.3, -0.25) is 0 Å². The zero-order chi connectivity index (χ0) is 20.8. The average Bonchev–Trinajstić information content (AvgIpc) is 2.65. The Morgan fingerprint density at radius 2 is 1.76 bits per heavy atom. The van der Waals surface area contributed by atoms with Crippen LogP contribution in [0, 0.1) is 5.41 Å². The van der Waals surface area contributed by atoms with Crippen LogP contribution in [-0.4, -0.2) is 52.1 Å². The summed E-state index contributed by atoms with van der Waals surface area (Å²) >= 11 is 0. The van der Waals surface area contributed by atoms with Gasteiger partial charge in [-0.15, -0.1) is 24.0 Å². The van der Waals surface area contributed by atoms with Crippen molar-refractivity contribution in [1.29, 1.82) is 0 Å². The van der Waals surface area contributed by atoms with Gasteiger partial charge < -0.3 is 24.8 Å². The van der Waals surface area contributed by atoms with E-state index in [0.29, 0.717) is 32.9 Å². The molecule has 1 unspecified atom stereocenters. The zero-order valence-corrected chi connectivity index (χ0v) is 21.2. The fraction of sp³-hybridized carbons (Fsp3) is 0.682. The minimum absolute atomic E-state index is 0. The van der Waals surface area contributed by atoms with Crippen LogP contribution in [0.1, 0.15) is 45.7 Å². The van der Waals surface area contributed by atoms with Crippen LogP contribution in [-0.2, 0) is 27.4 Å². The topological polar surface area (TPSA) is 64.1 Å². The SMILES string of the molecule is CCNC(=NCc1cccc(COCCOCC)c1)NCC(OC)C(C)(C)C.I. The summed E-state index contributed by atoms with van der Waals surface area (Å²) in [6, 6.07) is 8.35. The van der Waals surface area contributed by atoms with Crippen molar-refractivity contribution in [1.82, 2.24) is 10.6 Å². The molecule has 0 amide bonds. The van der Waals surface area contributed by atoms with E-state index in [4.69, 9.17) is 19.2 Å². The molecule has 6 nitrogen and oxygen atoms in total. The summed E-state index contributed by atoms with van der Waals surface area (Å²) in [5.74, 6) is 0.798. The summed E-state index contributed by atoms with van der Waals surface area (Å²) in [6.07, 6.45) is 0.105. The predicted octanol–water partition coefficient (Wildman–Crippen LogP) is 3.97. The number of hydrogen-bond donors (Lipinski definition) is 2. The number of benzene rings is 1. The Bertz CT molecular complexity index is 577. The van der Waals surface area contributed by atoms with Crippen molar-refractivity contribution < 1.29 is 14.2 Å². The summed E-state index contributed by atoms with van der Waals surface area (Å²) in [4.78, 5) is 4.71. The molecule has 1 aromatic rings. The molecule has 0 fully saturated rings. The Kier molecular flexibility index (Phi) is 15.4. The van der Waals surface area contributed by atoms with E-state index in [0.717, 1.165) is 30.2 Å². The van der Waals surface area contributed by atoms with Crippen molar-refractivity contribution in [2.75, 3.05) is 40.0 Å². The normalized spacial score (nSPS) is 13.0. The fourth-order valence-electron chi connectivity index (χ4n) is 2.71. The molecule has 2 N–H and O–H groups in total. The Balaban J connectivity index is 0.00000784. The lowest BCUT2D eigenvalue weighted by Crippen LogP contribution is -2.45. The van der Waals surface area contributed by atoms with E-state index in [1.807, 2.05) is 13.0 Å². The van der Waals surface area contributed by atoms with Gasteiger partial charge >= 0.3 is 0 Å². The fourth-order valence-corrected chi connectivity index (χ4v) is 2.71. The van der Waals surface area contributed by atoms with Gasteiger partial charge in [-0.2, -0.15) is 0 Å². The molecule has 0 radical (unpaired) electrons. The second-order valence-electron chi connectivity index (χ2n) is 7.74. The third-order valence-corrected chi connectivity index (χ3v) is 4.31. The first kappa shape index (κ1) is 28.1. The lowest BCUT2D eigenvalue weighted by Gasteiger charge is -2.30. The monoisotopic (exact) mass is 521 g/mol. The van der Waals surface area contributed by atoms with Crippen LogP contribution in [0.25, 0.3) is 0 Å². The summed E-state index contributed by atoms with van der Waals surface area (Å²) in [6.45, 7) is 15.3. The number of aliphatic imine (C=N–C) groups is 1.